The van der Waals surface area contributed by atoms with Crippen molar-refractivity contribution in [2.75, 3.05) is 36.3 Å². The van der Waals surface area contributed by atoms with Crippen molar-refractivity contribution in [1.29, 1.82) is 0 Å². The van der Waals surface area contributed by atoms with Crippen molar-refractivity contribution in [3.05, 3.63) is 48.5 Å². The molecule has 0 saturated heterocycles. The first-order chi connectivity index (χ1) is 9.97. The van der Waals surface area contributed by atoms with Gasteiger partial charge in [-0.25, -0.2) is 0 Å². The Kier molecular flexibility index (Phi) is 4.73. The van der Waals surface area contributed by atoms with Crippen LogP contribution in [0.25, 0.3) is 0 Å². The molecule has 3 heteroatoms. The summed E-state index contributed by atoms with van der Waals surface area (Å²) < 4.78 is 0. The number of nitrogens with zero attached hydrogens (tertiary/aromatic N) is 2. The van der Waals surface area contributed by atoms with Gasteiger partial charge in [0.2, 0.25) is 0 Å². The highest BCUT2D eigenvalue weighted by Gasteiger charge is 2.05. The van der Waals surface area contributed by atoms with Gasteiger partial charge in [0, 0.05) is 49.9 Å². The Balaban J connectivity index is 2.13. The minimum absolute atomic E-state index is 0.451. The fourth-order valence-electron chi connectivity index (χ4n) is 2.24. The molecule has 0 spiro atoms. The van der Waals surface area contributed by atoms with E-state index in [0.29, 0.717) is 6.04 Å². The molecule has 1 N–H and O–H groups in total. The minimum Gasteiger partial charge on any atom is -0.383 e. The van der Waals surface area contributed by atoms with Gasteiger partial charge in [-0.2, -0.15) is 0 Å². The molecule has 0 aliphatic carbocycles. The SMILES string of the molecule is CC(C)Nc1ccc(N(C)c2ccc(N(C)C)cc2)cc1. The van der Waals surface area contributed by atoms with E-state index in [9.17, 15) is 0 Å². The van der Waals surface area contributed by atoms with E-state index < -0.39 is 0 Å². The molecule has 0 radical (unpaired) electrons. The first-order valence-electron chi connectivity index (χ1n) is 7.35. The van der Waals surface area contributed by atoms with Crippen LogP contribution in [-0.2, 0) is 0 Å². The highest BCUT2D eigenvalue weighted by molar-refractivity contribution is 5.66. The maximum Gasteiger partial charge on any atom is 0.0409 e. The third kappa shape index (κ3) is 3.91. The molecule has 2 aromatic carbocycles. The summed E-state index contributed by atoms with van der Waals surface area (Å²) in [5.74, 6) is 0. The molecular weight excluding hydrogens is 258 g/mol. The van der Waals surface area contributed by atoms with Crippen molar-refractivity contribution in [2.24, 2.45) is 0 Å². The molecule has 0 unspecified atom stereocenters. The van der Waals surface area contributed by atoms with Crippen LogP contribution in [-0.4, -0.2) is 27.2 Å². The molecule has 0 aliphatic rings. The fourth-order valence-corrected chi connectivity index (χ4v) is 2.24. The second-order valence-corrected chi connectivity index (χ2v) is 5.82. The van der Waals surface area contributed by atoms with Gasteiger partial charge in [0.05, 0.1) is 0 Å². The predicted octanol–water partition coefficient (Wildman–Crippen LogP) is 4.34. The summed E-state index contributed by atoms with van der Waals surface area (Å²) in [6.45, 7) is 4.29. The first kappa shape index (κ1) is 15.2. The number of anilines is 4. The average Bonchev–Trinajstić information content (AvgIpc) is 2.47. The van der Waals surface area contributed by atoms with Crippen LogP contribution >= 0.6 is 0 Å². The largest absolute Gasteiger partial charge is 0.383 e. The normalized spacial score (nSPS) is 10.6. The van der Waals surface area contributed by atoms with E-state index in [-0.39, 0.29) is 0 Å². The van der Waals surface area contributed by atoms with Crippen molar-refractivity contribution in [1.82, 2.24) is 0 Å². The lowest BCUT2D eigenvalue weighted by atomic mass is 10.2. The Labute approximate surface area is 128 Å². The first-order valence-corrected chi connectivity index (χ1v) is 7.35. The van der Waals surface area contributed by atoms with E-state index >= 15 is 0 Å². The van der Waals surface area contributed by atoms with Crippen LogP contribution in [0, 0.1) is 0 Å². The van der Waals surface area contributed by atoms with Crippen LogP contribution in [0.5, 0.6) is 0 Å². The molecule has 112 valence electrons. The molecule has 2 aromatic rings. The Hall–Kier alpha value is -2.16. The predicted molar refractivity (Wildman–Crippen MR) is 94.0 cm³/mol. The maximum atomic E-state index is 3.41. The Bertz CT molecular complexity index is 556. The van der Waals surface area contributed by atoms with E-state index in [4.69, 9.17) is 0 Å². The Morgan fingerprint density at radius 1 is 0.714 bits per heavy atom. The van der Waals surface area contributed by atoms with Crippen LogP contribution in [0.4, 0.5) is 22.7 Å². The molecule has 2 rings (SSSR count). The van der Waals surface area contributed by atoms with Crippen molar-refractivity contribution >= 4 is 22.7 Å². The van der Waals surface area contributed by atoms with Crippen molar-refractivity contribution in [3.63, 3.8) is 0 Å². The van der Waals surface area contributed by atoms with E-state index in [1.807, 2.05) is 0 Å². The van der Waals surface area contributed by atoms with E-state index in [1.165, 1.54) is 17.1 Å². The van der Waals surface area contributed by atoms with Crippen molar-refractivity contribution in [2.45, 2.75) is 19.9 Å². The number of rotatable bonds is 5. The highest BCUT2D eigenvalue weighted by atomic mass is 15.1. The average molecular weight is 283 g/mol. The molecule has 0 atom stereocenters. The molecule has 0 amide bonds. The molecule has 0 saturated carbocycles. The number of benzene rings is 2. The lowest BCUT2D eigenvalue weighted by molar-refractivity contribution is 0.900. The van der Waals surface area contributed by atoms with Gasteiger partial charge in [-0.05, 0) is 62.4 Å². The zero-order valence-electron chi connectivity index (χ0n) is 13.6. The number of nitrogens with one attached hydrogen (secondary N) is 1. The van der Waals surface area contributed by atoms with Gasteiger partial charge in [0.25, 0.3) is 0 Å². The minimum atomic E-state index is 0.451. The highest BCUT2D eigenvalue weighted by Crippen LogP contribution is 2.26. The van der Waals surface area contributed by atoms with Crippen LogP contribution in [0.2, 0.25) is 0 Å². The van der Waals surface area contributed by atoms with Crippen LogP contribution in [0.3, 0.4) is 0 Å². The summed E-state index contributed by atoms with van der Waals surface area (Å²) >= 11 is 0. The van der Waals surface area contributed by atoms with Gasteiger partial charge in [-0.15, -0.1) is 0 Å². The summed E-state index contributed by atoms with van der Waals surface area (Å²) in [6, 6.07) is 17.6. The number of hydrogen-bond acceptors (Lipinski definition) is 3. The third-order valence-corrected chi connectivity index (χ3v) is 3.46. The Morgan fingerprint density at radius 3 is 1.57 bits per heavy atom. The second kappa shape index (κ2) is 6.53. The van der Waals surface area contributed by atoms with E-state index in [0.717, 1.165) is 5.69 Å². The lowest BCUT2D eigenvalue weighted by Gasteiger charge is -2.21. The van der Waals surface area contributed by atoms with Gasteiger partial charge in [-0.3, -0.25) is 0 Å². The standard InChI is InChI=1S/C18H25N3/c1-14(2)19-15-6-8-17(9-7-15)21(5)18-12-10-16(11-13-18)20(3)4/h6-14,19H,1-5H3. The smallest absolute Gasteiger partial charge is 0.0409 e. The topological polar surface area (TPSA) is 18.5 Å². The summed E-state index contributed by atoms with van der Waals surface area (Å²) in [5.41, 5.74) is 4.74. The monoisotopic (exact) mass is 283 g/mol. The lowest BCUT2D eigenvalue weighted by Crippen LogP contribution is -2.12. The number of hydrogen-bond donors (Lipinski definition) is 1. The molecule has 3 nitrogen and oxygen atoms in total. The molecule has 21 heavy (non-hydrogen) atoms. The van der Waals surface area contributed by atoms with Gasteiger partial charge in [-0.1, -0.05) is 0 Å². The summed E-state index contributed by atoms with van der Waals surface area (Å²) in [7, 11) is 6.20. The van der Waals surface area contributed by atoms with Gasteiger partial charge in [0.1, 0.15) is 0 Å². The fraction of sp³-hybridized carbons (Fsp3) is 0.333. The summed E-state index contributed by atoms with van der Waals surface area (Å²) in [4.78, 5) is 4.30. The van der Waals surface area contributed by atoms with Crippen molar-refractivity contribution < 1.29 is 0 Å². The zero-order valence-corrected chi connectivity index (χ0v) is 13.6. The van der Waals surface area contributed by atoms with Gasteiger partial charge >= 0.3 is 0 Å². The molecule has 0 bridgehead atoms. The van der Waals surface area contributed by atoms with Gasteiger partial charge < -0.3 is 15.1 Å². The molecule has 0 aliphatic heterocycles. The van der Waals surface area contributed by atoms with Crippen LogP contribution in [0.1, 0.15) is 13.8 Å². The molecular formula is C18H25N3. The van der Waals surface area contributed by atoms with Crippen molar-refractivity contribution in [3.8, 4) is 0 Å². The quantitative estimate of drug-likeness (QED) is 0.880. The molecule has 0 heterocycles. The summed E-state index contributed by atoms with van der Waals surface area (Å²) in [6.07, 6.45) is 0. The molecule has 0 fully saturated rings. The Morgan fingerprint density at radius 2 is 1.14 bits per heavy atom. The van der Waals surface area contributed by atoms with Crippen LogP contribution in [0.15, 0.2) is 48.5 Å². The van der Waals surface area contributed by atoms with E-state index in [1.54, 1.807) is 0 Å². The zero-order chi connectivity index (χ0) is 15.4. The summed E-state index contributed by atoms with van der Waals surface area (Å²) in [5, 5.41) is 3.41. The van der Waals surface area contributed by atoms with Gasteiger partial charge in [0.15, 0.2) is 0 Å². The maximum absolute atomic E-state index is 3.41. The third-order valence-electron chi connectivity index (χ3n) is 3.46. The van der Waals surface area contributed by atoms with Crippen LogP contribution < -0.4 is 15.1 Å². The van der Waals surface area contributed by atoms with E-state index in [2.05, 4.69) is 98.6 Å². The molecule has 0 aromatic heterocycles. The second-order valence-electron chi connectivity index (χ2n) is 5.82.